The lowest BCUT2D eigenvalue weighted by atomic mass is 10.1. The summed E-state index contributed by atoms with van der Waals surface area (Å²) in [5, 5.41) is 0. The van der Waals surface area contributed by atoms with Crippen molar-refractivity contribution in [2.75, 3.05) is 20.3 Å². The highest BCUT2D eigenvalue weighted by Gasteiger charge is 2.13. The molecule has 0 atom stereocenters. The number of ether oxygens (including phenoxy) is 2. The molecule has 1 N–H and O–H groups in total. The minimum absolute atomic E-state index is 0.196. The van der Waals surface area contributed by atoms with Crippen LogP contribution in [0.3, 0.4) is 0 Å². The number of sulfonamides is 1. The van der Waals surface area contributed by atoms with Crippen molar-refractivity contribution in [2.24, 2.45) is 0 Å². The molecule has 0 amide bonds. The van der Waals surface area contributed by atoms with Gasteiger partial charge in [0.15, 0.2) is 0 Å². The van der Waals surface area contributed by atoms with Crippen molar-refractivity contribution >= 4 is 10.0 Å². The largest absolute Gasteiger partial charge is 0.497 e. The molecule has 0 aliphatic carbocycles. The minimum Gasteiger partial charge on any atom is -0.497 e. The molecule has 23 heavy (non-hydrogen) atoms. The average Bonchev–Trinajstić information content (AvgIpc) is 2.55. The van der Waals surface area contributed by atoms with E-state index in [0.717, 1.165) is 11.3 Å². The Hall–Kier alpha value is -2.05. The smallest absolute Gasteiger partial charge is 0.240 e. The maximum absolute atomic E-state index is 12.1. The first kappa shape index (κ1) is 17.3. The number of aryl methyl sites for hydroxylation is 2. The van der Waals surface area contributed by atoms with Gasteiger partial charge in [0.25, 0.3) is 0 Å². The molecular formula is C17H21NO4S. The number of nitrogens with one attached hydrogen (secondary N) is 1. The maximum Gasteiger partial charge on any atom is 0.240 e. The molecule has 2 rings (SSSR count). The van der Waals surface area contributed by atoms with Gasteiger partial charge in [0, 0.05) is 6.54 Å². The highest BCUT2D eigenvalue weighted by molar-refractivity contribution is 7.89. The molecule has 0 bridgehead atoms. The predicted octanol–water partition coefficient (Wildman–Crippen LogP) is 2.67. The monoisotopic (exact) mass is 335 g/mol. The molecule has 6 heteroatoms. The van der Waals surface area contributed by atoms with Crippen molar-refractivity contribution < 1.29 is 17.9 Å². The number of hydrogen-bond acceptors (Lipinski definition) is 4. The van der Waals surface area contributed by atoms with Crippen LogP contribution in [0.25, 0.3) is 0 Å². The summed E-state index contributed by atoms with van der Waals surface area (Å²) in [6, 6.07) is 12.0. The lowest BCUT2D eigenvalue weighted by Gasteiger charge is -2.10. The summed E-state index contributed by atoms with van der Waals surface area (Å²) in [6.07, 6.45) is 0. The van der Waals surface area contributed by atoms with E-state index < -0.39 is 10.0 Å². The summed E-state index contributed by atoms with van der Waals surface area (Å²) >= 11 is 0. The SMILES string of the molecule is COc1ccc(S(=O)(=O)NCCOc2ccc(C)c(C)c2)cc1. The van der Waals surface area contributed by atoms with E-state index in [4.69, 9.17) is 9.47 Å². The Balaban J connectivity index is 1.87. The van der Waals surface area contributed by atoms with Gasteiger partial charge in [0.1, 0.15) is 18.1 Å². The van der Waals surface area contributed by atoms with Crippen LogP contribution in [-0.2, 0) is 10.0 Å². The van der Waals surface area contributed by atoms with Crippen LogP contribution >= 0.6 is 0 Å². The lowest BCUT2D eigenvalue weighted by Crippen LogP contribution is -2.28. The summed E-state index contributed by atoms with van der Waals surface area (Å²) < 4.78 is 37.4. The summed E-state index contributed by atoms with van der Waals surface area (Å²) in [6.45, 7) is 4.50. The van der Waals surface area contributed by atoms with Gasteiger partial charge in [-0.3, -0.25) is 0 Å². The number of benzene rings is 2. The van der Waals surface area contributed by atoms with Crippen LogP contribution in [0, 0.1) is 13.8 Å². The van der Waals surface area contributed by atoms with Gasteiger partial charge in [0.05, 0.1) is 12.0 Å². The molecule has 0 spiro atoms. The van der Waals surface area contributed by atoms with E-state index in [1.807, 2.05) is 32.0 Å². The molecule has 0 heterocycles. The second kappa shape index (κ2) is 7.48. The first-order valence-electron chi connectivity index (χ1n) is 7.26. The number of methoxy groups -OCH3 is 1. The number of rotatable bonds is 7. The Labute approximate surface area is 137 Å². The summed E-state index contributed by atoms with van der Waals surface area (Å²) in [7, 11) is -2.01. The van der Waals surface area contributed by atoms with E-state index in [1.165, 1.54) is 24.8 Å². The summed E-state index contributed by atoms with van der Waals surface area (Å²) in [4.78, 5) is 0.199. The highest BCUT2D eigenvalue weighted by Crippen LogP contribution is 2.17. The third-order valence-corrected chi connectivity index (χ3v) is 4.99. The first-order valence-corrected chi connectivity index (χ1v) is 8.74. The van der Waals surface area contributed by atoms with E-state index in [-0.39, 0.29) is 18.0 Å². The van der Waals surface area contributed by atoms with E-state index in [0.29, 0.717) is 5.75 Å². The molecule has 0 aromatic heterocycles. The quantitative estimate of drug-likeness (QED) is 0.790. The van der Waals surface area contributed by atoms with Crippen LogP contribution in [-0.4, -0.2) is 28.7 Å². The van der Waals surface area contributed by atoms with Crippen LogP contribution in [0.1, 0.15) is 11.1 Å². The fraction of sp³-hybridized carbons (Fsp3) is 0.294. The Morgan fingerprint density at radius 3 is 2.22 bits per heavy atom. The number of hydrogen-bond donors (Lipinski definition) is 1. The van der Waals surface area contributed by atoms with Crippen LogP contribution in [0.5, 0.6) is 11.5 Å². The molecule has 0 aliphatic rings. The molecule has 0 unspecified atom stereocenters. The van der Waals surface area contributed by atoms with Crippen molar-refractivity contribution in [1.29, 1.82) is 0 Å². The summed E-state index contributed by atoms with van der Waals surface area (Å²) in [5.41, 5.74) is 2.33. The van der Waals surface area contributed by atoms with Crippen LogP contribution in [0.4, 0.5) is 0 Å². The second-order valence-electron chi connectivity index (χ2n) is 5.17. The Kier molecular flexibility index (Phi) is 5.63. The van der Waals surface area contributed by atoms with E-state index in [1.54, 1.807) is 12.1 Å². The molecule has 124 valence electrons. The lowest BCUT2D eigenvalue weighted by molar-refractivity contribution is 0.322. The van der Waals surface area contributed by atoms with Gasteiger partial charge in [-0.2, -0.15) is 0 Å². The Bertz CT molecular complexity index is 755. The van der Waals surface area contributed by atoms with Crippen molar-refractivity contribution in [1.82, 2.24) is 4.72 Å². The third-order valence-electron chi connectivity index (χ3n) is 3.51. The minimum atomic E-state index is -3.54. The Morgan fingerprint density at radius 1 is 0.957 bits per heavy atom. The normalized spacial score (nSPS) is 11.3. The van der Waals surface area contributed by atoms with Crippen molar-refractivity contribution in [3.05, 3.63) is 53.6 Å². The maximum atomic E-state index is 12.1. The fourth-order valence-corrected chi connectivity index (χ4v) is 3.00. The molecule has 0 fully saturated rings. The Morgan fingerprint density at radius 2 is 1.61 bits per heavy atom. The van der Waals surface area contributed by atoms with Gasteiger partial charge in [-0.25, -0.2) is 13.1 Å². The molecule has 0 aliphatic heterocycles. The van der Waals surface area contributed by atoms with E-state index in [9.17, 15) is 8.42 Å². The van der Waals surface area contributed by atoms with Gasteiger partial charge < -0.3 is 9.47 Å². The van der Waals surface area contributed by atoms with Crippen LogP contribution < -0.4 is 14.2 Å². The van der Waals surface area contributed by atoms with Crippen molar-refractivity contribution in [3.8, 4) is 11.5 Å². The molecule has 2 aromatic rings. The topological polar surface area (TPSA) is 64.6 Å². The van der Waals surface area contributed by atoms with E-state index in [2.05, 4.69) is 4.72 Å². The highest BCUT2D eigenvalue weighted by atomic mass is 32.2. The van der Waals surface area contributed by atoms with Crippen molar-refractivity contribution in [2.45, 2.75) is 18.7 Å². The molecule has 0 saturated heterocycles. The first-order chi connectivity index (χ1) is 10.9. The van der Waals surface area contributed by atoms with Gasteiger partial charge >= 0.3 is 0 Å². The van der Waals surface area contributed by atoms with Gasteiger partial charge in [-0.15, -0.1) is 0 Å². The fourth-order valence-electron chi connectivity index (χ4n) is 1.99. The van der Waals surface area contributed by atoms with Crippen molar-refractivity contribution in [3.63, 3.8) is 0 Å². The molecule has 0 saturated carbocycles. The second-order valence-corrected chi connectivity index (χ2v) is 6.93. The predicted molar refractivity (Wildman–Crippen MR) is 89.6 cm³/mol. The summed E-state index contributed by atoms with van der Waals surface area (Å²) in [5.74, 6) is 1.35. The standard InChI is InChI=1S/C17H21NO4S/c1-13-4-5-16(12-14(13)2)22-11-10-18-23(19,20)17-8-6-15(21-3)7-9-17/h4-9,12,18H,10-11H2,1-3H3. The van der Waals surface area contributed by atoms with Gasteiger partial charge in [-0.05, 0) is 61.4 Å². The molecule has 0 radical (unpaired) electrons. The average molecular weight is 335 g/mol. The third kappa shape index (κ3) is 4.71. The van der Waals surface area contributed by atoms with Gasteiger partial charge in [0.2, 0.25) is 10.0 Å². The molecule has 5 nitrogen and oxygen atoms in total. The van der Waals surface area contributed by atoms with E-state index >= 15 is 0 Å². The molecular weight excluding hydrogens is 314 g/mol. The van der Waals surface area contributed by atoms with Crippen LogP contribution in [0.15, 0.2) is 47.4 Å². The van der Waals surface area contributed by atoms with Gasteiger partial charge in [-0.1, -0.05) is 6.07 Å². The molecule has 2 aromatic carbocycles. The zero-order valence-corrected chi connectivity index (χ0v) is 14.3. The zero-order chi connectivity index (χ0) is 16.9. The van der Waals surface area contributed by atoms with Crippen LogP contribution in [0.2, 0.25) is 0 Å². The zero-order valence-electron chi connectivity index (χ0n) is 13.5.